The standard InChI is InChI=1S/C10H14N2.C10H10N2.C2H6O/c2*1-7-6-8(2)12-10-9(7)4-3-5-11-10;1-2-3/h6H,3-5H2,1-2H3,(H,11,12);3-6H,1-2H3;3H,2H2,1H3. The Morgan fingerprint density at radius 3 is 2.44 bits per heavy atom. The molecule has 3 aromatic rings. The first kappa shape index (κ1) is 20.8. The molecule has 4 rings (SSSR count). The molecule has 3 aromatic heterocycles. The lowest BCUT2D eigenvalue weighted by Crippen LogP contribution is -2.14. The van der Waals surface area contributed by atoms with Crippen LogP contribution in [0.25, 0.3) is 11.0 Å². The Morgan fingerprint density at radius 1 is 1.04 bits per heavy atom. The van der Waals surface area contributed by atoms with Crippen molar-refractivity contribution < 1.29 is 5.11 Å². The average molecular weight is 367 g/mol. The summed E-state index contributed by atoms with van der Waals surface area (Å²) in [7, 11) is 0. The topological polar surface area (TPSA) is 70.9 Å². The normalized spacial score (nSPS) is 12.1. The monoisotopic (exact) mass is 366 g/mol. The number of aromatic nitrogens is 3. The number of nitrogens with one attached hydrogen (secondary N) is 1. The molecule has 0 aromatic carbocycles. The number of anilines is 1. The van der Waals surface area contributed by atoms with Gasteiger partial charge in [-0.2, -0.15) is 0 Å². The van der Waals surface area contributed by atoms with E-state index in [-0.39, 0.29) is 6.61 Å². The van der Waals surface area contributed by atoms with Crippen molar-refractivity contribution in [3.8, 4) is 0 Å². The van der Waals surface area contributed by atoms with Gasteiger partial charge in [-0.1, -0.05) is 0 Å². The predicted molar refractivity (Wildman–Crippen MR) is 112 cm³/mol. The Balaban J connectivity index is 0.000000170. The fourth-order valence-electron chi connectivity index (χ4n) is 3.18. The third-order valence-electron chi connectivity index (χ3n) is 4.29. The van der Waals surface area contributed by atoms with Gasteiger partial charge in [0.25, 0.3) is 0 Å². The first-order valence-corrected chi connectivity index (χ1v) is 9.47. The van der Waals surface area contributed by atoms with Crippen molar-refractivity contribution >= 4 is 16.9 Å². The summed E-state index contributed by atoms with van der Waals surface area (Å²) >= 11 is 0. The molecule has 1 aliphatic heterocycles. The third-order valence-corrected chi connectivity index (χ3v) is 4.29. The van der Waals surface area contributed by atoms with Gasteiger partial charge in [0, 0.05) is 36.1 Å². The van der Waals surface area contributed by atoms with Gasteiger partial charge in [-0.05, 0) is 88.4 Å². The van der Waals surface area contributed by atoms with E-state index in [1.165, 1.54) is 29.5 Å². The van der Waals surface area contributed by atoms with Crippen LogP contribution in [0.5, 0.6) is 0 Å². The first-order chi connectivity index (χ1) is 13.0. The van der Waals surface area contributed by atoms with Crippen molar-refractivity contribution in [3.05, 3.63) is 58.5 Å². The van der Waals surface area contributed by atoms with E-state index in [0.29, 0.717) is 0 Å². The van der Waals surface area contributed by atoms with Gasteiger partial charge in [0.2, 0.25) is 0 Å². The Bertz CT molecular complexity index is 893. The molecule has 0 saturated heterocycles. The van der Waals surface area contributed by atoms with E-state index in [9.17, 15) is 0 Å². The summed E-state index contributed by atoms with van der Waals surface area (Å²) in [4.78, 5) is 13.0. The van der Waals surface area contributed by atoms with Crippen molar-refractivity contribution in [3.63, 3.8) is 0 Å². The molecule has 1 aliphatic rings. The summed E-state index contributed by atoms with van der Waals surface area (Å²) < 4.78 is 0. The Labute approximate surface area is 161 Å². The maximum absolute atomic E-state index is 7.57. The molecule has 0 bridgehead atoms. The summed E-state index contributed by atoms with van der Waals surface area (Å²) in [6.45, 7) is 11.3. The highest BCUT2D eigenvalue weighted by Gasteiger charge is 2.11. The average Bonchev–Trinajstić information content (AvgIpc) is 2.63. The number of hydrogen-bond donors (Lipinski definition) is 2. The lowest BCUT2D eigenvalue weighted by molar-refractivity contribution is 0.318. The van der Waals surface area contributed by atoms with Gasteiger partial charge in [0.05, 0.1) is 0 Å². The number of aryl methyl sites for hydroxylation is 4. The molecular formula is C22H30N4O. The molecule has 0 saturated carbocycles. The van der Waals surface area contributed by atoms with Crippen LogP contribution in [0.4, 0.5) is 5.82 Å². The molecule has 5 heteroatoms. The molecule has 0 amide bonds. The highest BCUT2D eigenvalue weighted by atomic mass is 16.2. The smallest absolute Gasteiger partial charge is 0.159 e. The van der Waals surface area contributed by atoms with Gasteiger partial charge < -0.3 is 10.4 Å². The summed E-state index contributed by atoms with van der Waals surface area (Å²) in [5.74, 6) is 1.11. The minimum absolute atomic E-state index is 0.250. The molecule has 0 fully saturated rings. The molecule has 0 radical (unpaired) electrons. The largest absolute Gasteiger partial charge is 0.397 e. The number of aliphatic hydroxyl groups is 1. The number of fused-ring (bicyclic) bond motifs is 2. The van der Waals surface area contributed by atoms with Crippen LogP contribution in [0, 0.1) is 27.7 Å². The van der Waals surface area contributed by atoms with E-state index in [2.05, 4.69) is 46.2 Å². The number of hydrogen-bond acceptors (Lipinski definition) is 5. The SMILES string of the molecule is CCO.Cc1cc(C)c2c(n1)NCCC2.Cc1cc(C)c2cccnc2n1. The van der Waals surface area contributed by atoms with Gasteiger partial charge in [0.1, 0.15) is 5.82 Å². The third kappa shape index (κ3) is 5.73. The molecule has 144 valence electrons. The van der Waals surface area contributed by atoms with E-state index in [1.807, 2.05) is 26.0 Å². The van der Waals surface area contributed by atoms with Gasteiger partial charge in [0.15, 0.2) is 5.65 Å². The zero-order valence-electron chi connectivity index (χ0n) is 17.0. The van der Waals surface area contributed by atoms with Crippen LogP contribution in [-0.4, -0.2) is 33.2 Å². The number of rotatable bonds is 0. The van der Waals surface area contributed by atoms with E-state index >= 15 is 0 Å². The minimum atomic E-state index is 0.250. The molecule has 0 atom stereocenters. The summed E-state index contributed by atoms with van der Waals surface area (Å²) in [5.41, 5.74) is 7.01. The van der Waals surface area contributed by atoms with Gasteiger partial charge in [-0.15, -0.1) is 0 Å². The maximum atomic E-state index is 7.57. The number of nitrogens with zero attached hydrogens (tertiary/aromatic N) is 3. The summed E-state index contributed by atoms with van der Waals surface area (Å²) in [6, 6.07) is 8.21. The molecule has 0 aliphatic carbocycles. The minimum Gasteiger partial charge on any atom is -0.397 e. The van der Waals surface area contributed by atoms with Crippen molar-refractivity contribution in [1.29, 1.82) is 0 Å². The highest BCUT2D eigenvalue weighted by molar-refractivity contribution is 5.78. The Hall–Kier alpha value is -2.53. The van der Waals surface area contributed by atoms with Crippen molar-refractivity contribution in [2.45, 2.75) is 47.5 Å². The van der Waals surface area contributed by atoms with Crippen LogP contribution < -0.4 is 5.32 Å². The van der Waals surface area contributed by atoms with Crippen LogP contribution >= 0.6 is 0 Å². The zero-order valence-corrected chi connectivity index (χ0v) is 17.0. The fourth-order valence-corrected chi connectivity index (χ4v) is 3.18. The fraction of sp³-hybridized carbons (Fsp3) is 0.409. The van der Waals surface area contributed by atoms with Crippen LogP contribution in [0.2, 0.25) is 0 Å². The highest BCUT2D eigenvalue weighted by Crippen LogP contribution is 2.23. The first-order valence-electron chi connectivity index (χ1n) is 9.47. The van der Waals surface area contributed by atoms with Crippen molar-refractivity contribution in [2.75, 3.05) is 18.5 Å². The molecule has 0 unspecified atom stereocenters. The lowest BCUT2D eigenvalue weighted by Gasteiger charge is -2.19. The second-order valence-corrected chi connectivity index (χ2v) is 6.71. The summed E-state index contributed by atoms with van der Waals surface area (Å²) in [5, 5.41) is 12.0. The summed E-state index contributed by atoms with van der Waals surface area (Å²) in [6.07, 6.45) is 4.19. The molecular weight excluding hydrogens is 336 g/mol. The van der Waals surface area contributed by atoms with Gasteiger partial charge >= 0.3 is 0 Å². The molecule has 27 heavy (non-hydrogen) atoms. The molecule has 4 heterocycles. The van der Waals surface area contributed by atoms with E-state index in [4.69, 9.17) is 5.11 Å². The van der Waals surface area contributed by atoms with Crippen LogP contribution in [0.15, 0.2) is 30.5 Å². The van der Waals surface area contributed by atoms with Crippen molar-refractivity contribution in [2.24, 2.45) is 0 Å². The van der Waals surface area contributed by atoms with Crippen LogP contribution in [0.1, 0.15) is 41.4 Å². The van der Waals surface area contributed by atoms with E-state index in [0.717, 1.165) is 34.8 Å². The zero-order chi connectivity index (χ0) is 19.8. The van der Waals surface area contributed by atoms with Gasteiger partial charge in [-0.3, -0.25) is 0 Å². The number of pyridine rings is 3. The number of aliphatic hydroxyl groups excluding tert-OH is 1. The van der Waals surface area contributed by atoms with E-state index < -0.39 is 0 Å². The second-order valence-electron chi connectivity index (χ2n) is 6.71. The molecule has 2 N–H and O–H groups in total. The maximum Gasteiger partial charge on any atom is 0.159 e. The van der Waals surface area contributed by atoms with Crippen LogP contribution in [0.3, 0.4) is 0 Å². The lowest BCUT2D eigenvalue weighted by atomic mass is 10.0. The Kier molecular flexibility index (Phi) is 7.67. The quantitative estimate of drug-likeness (QED) is 0.621. The molecule has 0 spiro atoms. The van der Waals surface area contributed by atoms with Gasteiger partial charge in [-0.25, -0.2) is 15.0 Å². The Morgan fingerprint density at radius 2 is 1.70 bits per heavy atom. The van der Waals surface area contributed by atoms with Crippen LogP contribution in [-0.2, 0) is 6.42 Å². The van der Waals surface area contributed by atoms with E-state index in [1.54, 1.807) is 13.1 Å². The molecule has 5 nitrogen and oxygen atoms in total. The van der Waals surface area contributed by atoms with Crippen molar-refractivity contribution in [1.82, 2.24) is 15.0 Å². The predicted octanol–water partition coefficient (Wildman–Crippen LogP) is 4.30. The second kappa shape index (κ2) is 9.97.